The maximum Gasteiger partial charge on any atom is 0.0983 e. The van der Waals surface area contributed by atoms with Gasteiger partial charge in [-0.2, -0.15) is 5.10 Å². The van der Waals surface area contributed by atoms with E-state index in [1.165, 1.54) is 0 Å². The van der Waals surface area contributed by atoms with Gasteiger partial charge in [0.2, 0.25) is 0 Å². The maximum absolute atomic E-state index is 9.53. The van der Waals surface area contributed by atoms with E-state index in [2.05, 4.69) is 15.4 Å². The molecule has 0 fully saturated rings. The Morgan fingerprint density at radius 3 is 3.00 bits per heavy atom. The highest BCUT2D eigenvalue weighted by molar-refractivity contribution is 5.61. The summed E-state index contributed by atoms with van der Waals surface area (Å²) in [4.78, 5) is 4.14. The van der Waals surface area contributed by atoms with Gasteiger partial charge in [-0.1, -0.05) is 6.92 Å². The van der Waals surface area contributed by atoms with Gasteiger partial charge >= 0.3 is 0 Å². The summed E-state index contributed by atoms with van der Waals surface area (Å²) in [5, 5.41) is 17.4. The molecule has 0 amide bonds. The predicted molar refractivity (Wildman–Crippen MR) is 79.1 cm³/mol. The molecular weight excluding hydrogens is 252 g/mol. The van der Waals surface area contributed by atoms with E-state index < -0.39 is 0 Å². The summed E-state index contributed by atoms with van der Waals surface area (Å²) in [5.41, 5.74) is 3.13. The van der Waals surface area contributed by atoms with Crippen LogP contribution >= 0.6 is 0 Å². The Hall–Kier alpha value is -1.72. The molecule has 2 rings (SSSR count). The molecule has 1 atom stereocenters. The summed E-state index contributed by atoms with van der Waals surface area (Å²) in [7, 11) is 1.92. The minimum atomic E-state index is -0.214. The summed E-state index contributed by atoms with van der Waals surface area (Å²) in [6.45, 7) is 3.54. The normalized spacial score (nSPS) is 12.6. The van der Waals surface area contributed by atoms with E-state index in [0.29, 0.717) is 0 Å². The number of nitrogens with one attached hydrogen (secondary N) is 1. The molecule has 0 bridgehead atoms. The van der Waals surface area contributed by atoms with Crippen LogP contribution in [0, 0.1) is 0 Å². The highest BCUT2D eigenvalue weighted by atomic mass is 16.3. The summed E-state index contributed by atoms with van der Waals surface area (Å²) < 4.78 is 1.82. The second-order valence-corrected chi connectivity index (χ2v) is 4.95. The maximum atomic E-state index is 9.53. The molecule has 2 N–H and O–H groups in total. The van der Waals surface area contributed by atoms with Gasteiger partial charge in [0.1, 0.15) is 0 Å². The fourth-order valence-corrected chi connectivity index (χ4v) is 2.11. The first-order chi connectivity index (χ1) is 9.70. The molecule has 0 aliphatic rings. The molecule has 2 aromatic heterocycles. The van der Waals surface area contributed by atoms with Crippen LogP contribution in [0.3, 0.4) is 0 Å². The quantitative estimate of drug-likeness (QED) is 0.755. The van der Waals surface area contributed by atoms with E-state index >= 15 is 0 Å². The number of aliphatic hydroxyl groups is 1. The number of hydrogen-bond donors (Lipinski definition) is 2. The monoisotopic (exact) mass is 274 g/mol. The summed E-state index contributed by atoms with van der Waals surface area (Å²) in [6, 6.07) is 3.93. The average molecular weight is 274 g/mol. The highest BCUT2D eigenvalue weighted by Gasteiger charge is 2.10. The fraction of sp³-hybridized carbons (Fsp3) is 0.467. The van der Waals surface area contributed by atoms with Crippen molar-refractivity contribution in [1.82, 2.24) is 20.1 Å². The largest absolute Gasteiger partial charge is 0.393 e. The van der Waals surface area contributed by atoms with E-state index in [-0.39, 0.29) is 6.10 Å². The summed E-state index contributed by atoms with van der Waals surface area (Å²) in [6.07, 6.45) is 6.97. The van der Waals surface area contributed by atoms with Gasteiger partial charge in [-0.05, 0) is 31.5 Å². The molecule has 0 aromatic carbocycles. The molecule has 0 spiro atoms. The van der Waals surface area contributed by atoms with Crippen molar-refractivity contribution < 1.29 is 5.11 Å². The Labute approximate surface area is 119 Å². The van der Waals surface area contributed by atoms with E-state index in [0.717, 1.165) is 42.8 Å². The first kappa shape index (κ1) is 14.7. The molecule has 0 aliphatic heterocycles. The number of aliphatic hydroxyl groups excluding tert-OH is 1. The Kier molecular flexibility index (Phi) is 5.26. The zero-order valence-corrected chi connectivity index (χ0v) is 12.1. The second-order valence-electron chi connectivity index (χ2n) is 4.95. The lowest BCUT2D eigenvalue weighted by Gasteiger charge is -2.08. The van der Waals surface area contributed by atoms with E-state index in [1.807, 2.05) is 43.2 Å². The molecular formula is C15H22N4O. The van der Waals surface area contributed by atoms with Gasteiger partial charge in [0.15, 0.2) is 0 Å². The van der Waals surface area contributed by atoms with Crippen molar-refractivity contribution in [2.45, 2.75) is 32.4 Å². The van der Waals surface area contributed by atoms with Gasteiger partial charge in [-0.3, -0.25) is 9.67 Å². The van der Waals surface area contributed by atoms with Crippen LogP contribution < -0.4 is 5.32 Å². The van der Waals surface area contributed by atoms with Gasteiger partial charge in [0.05, 0.1) is 11.8 Å². The average Bonchev–Trinajstić information content (AvgIpc) is 2.85. The van der Waals surface area contributed by atoms with Crippen molar-refractivity contribution in [2.75, 3.05) is 6.54 Å². The van der Waals surface area contributed by atoms with Crippen LogP contribution in [-0.4, -0.2) is 32.5 Å². The molecule has 5 nitrogen and oxygen atoms in total. The second kappa shape index (κ2) is 7.17. The van der Waals surface area contributed by atoms with Crippen LogP contribution in [-0.2, 0) is 13.6 Å². The SMILES string of the molecule is CCC(O)CCNCc1cn(C)nc1-c1cccnc1. The predicted octanol–water partition coefficient (Wildman–Crippen LogP) is 1.73. The molecule has 2 aromatic rings. The third-order valence-electron chi connectivity index (χ3n) is 3.28. The molecule has 20 heavy (non-hydrogen) atoms. The smallest absolute Gasteiger partial charge is 0.0983 e. The van der Waals surface area contributed by atoms with Crippen molar-refractivity contribution in [2.24, 2.45) is 7.05 Å². The molecule has 0 aliphatic carbocycles. The van der Waals surface area contributed by atoms with Crippen molar-refractivity contribution in [3.8, 4) is 11.3 Å². The zero-order chi connectivity index (χ0) is 14.4. The number of aromatic nitrogens is 3. The minimum Gasteiger partial charge on any atom is -0.393 e. The number of aryl methyl sites for hydroxylation is 1. The topological polar surface area (TPSA) is 63.0 Å². The van der Waals surface area contributed by atoms with Crippen molar-refractivity contribution in [3.63, 3.8) is 0 Å². The van der Waals surface area contributed by atoms with Crippen molar-refractivity contribution in [1.29, 1.82) is 0 Å². The van der Waals surface area contributed by atoms with Gasteiger partial charge < -0.3 is 10.4 Å². The first-order valence-corrected chi connectivity index (χ1v) is 7.02. The molecule has 0 radical (unpaired) electrons. The van der Waals surface area contributed by atoms with Gasteiger partial charge in [-0.25, -0.2) is 0 Å². The molecule has 108 valence electrons. The lowest BCUT2D eigenvalue weighted by Crippen LogP contribution is -2.19. The minimum absolute atomic E-state index is 0.214. The number of pyridine rings is 1. The van der Waals surface area contributed by atoms with Crippen LogP contribution in [0.2, 0.25) is 0 Å². The highest BCUT2D eigenvalue weighted by Crippen LogP contribution is 2.20. The van der Waals surface area contributed by atoms with Crippen LogP contribution in [0.15, 0.2) is 30.7 Å². The van der Waals surface area contributed by atoms with E-state index in [9.17, 15) is 5.11 Å². The van der Waals surface area contributed by atoms with Crippen molar-refractivity contribution >= 4 is 0 Å². The lowest BCUT2D eigenvalue weighted by atomic mass is 10.1. The lowest BCUT2D eigenvalue weighted by molar-refractivity contribution is 0.159. The van der Waals surface area contributed by atoms with Crippen LogP contribution in [0.1, 0.15) is 25.3 Å². The zero-order valence-electron chi connectivity index (χ0n) is 12.1. The van der Waals surface area contributed by atoms with Crippen LogP contribution in [0.4, 0.5) is 0 Å². The van der Waals surface area contributed by atoms with E-state index in [1.54, 1.807) is 6.20 Å². The third kappa shape index (κ3) is 3.88. The molecule has 0 saturated carbocycles. The van der Waals surface area contributed by atoms with Gasteiger partial charge in [0, 0.05) is 43.3 Å². The Balaban J connectivity index is 1.98. The Morgan fingerprint density at radius 2 is 2.30 bits per heavy atom. The molecule has 5 heteroatoms. The van der Waals surface area contributed by atoms with Gasteiger partial charge in [0.25, 0.3) is 0 Å². The van der Waals surface area contributed by atoms with Gasteiger partial charge in [-0.15, -0.1) is 0 Å². The number of nitrogens with zero attached hydrogens (tertiary/aromatic N) is 3. The molecule has 1 unspecified atom stereocenters. The van der Waals surface area contributed by atoms with Crippen LogP contribution in [0.25, 0.3) is 11.3 Å². The summed E-state index contributed by atoms with van der Waals surface area (Å²) >= 11 is 0. The molecule has 0 saturated heterocycles. The standard InChI is InChI=1S/C15H22N4O/c1-3-14(20)6-8-17-10-13-11-19(2)18-15(13)12-5-4-7-16-9-12/h4-5,7,9,11,14,17,20H,3,6,8,10H2,1-2H3. The summed E-state index contributed by atoms with van der Waals surface area (Å²) in [5.74, 6) is 0. The fourth-order valence-electron chi connectivity index (χ4n) is 2.11. The Bertz CT molecular complexity index is 524. The Morgan fingerprint density at radius 1 is 1.45 bits per heavy atom. The third-order valence-corrected chi connectivity index (χ3v) is 3.28. The van der Waals surface area contributed by atoms with E-state index in [4.69, 9.17) is 0 Å². The number of hydrogen-bond acceptors (Lipinski definition) is 4. The number of rotatable bonds is 7. The van der Waals surface area contributed by atoms with Crippen LogP contribution in [0.5, 0.6) is 0 Å². The van der Waals surface area contributed by atoms with Crippen molar-refractivity contribution in [3.05, 3.63) is 36.3 Å². The molecule has 2 heterocycles. The first-order valence-electron chi connectivity index (χ1n) is 7.02.